The second-order valence-corrected chi connectivity index (χ2v) is 11.3. The molecule has 11 heteroatoms. The Balaban J connectivity index is 1.65. The number of amides is 1. The number of fused-ring (bicyclic) bond motifs is 1. The van der Waals surface area contributed by atoms with Crippen molar-refractivity contribution in [2.24, 2.45) is 5.16 Å². The zero-order valence-corrected chi connectivity index (χ0v) is 20.1. The van der Waals surface area contributed by atoms with Gasteiger partial charge in [-0.1, -0.05) is 45.8 Å². The molecular weight excluding hydrogens is 493 g/mol. The number of halogens is 2. The van der Waals surface area contributed by atoms with Crippen LogP contribution in [0.1, 0.15) is 31.2 Å². The number of hydrogen-bond donors (Lipinski definition) is 1. The minimum atomic E-state index is -3.51. The predicted molar refractivity (Wildman–Crippen MR) is 128 cm³/mol. The molecule has 0 aliphatic heterocycles. The molecule has 0 saturated heterocycles. The van der Waals surface area contributed by atoms with Crippen molar-refractivity contribution in [2.75, 3.05) is 11.6 Å². The van der Waals surface area contributed by atoms with E-state index in [2.05, 4.69) is 15.5 Å². The van der Waals surface area contributed by atoms with E-state index in [0.29, 0.717) is 21.2 Å². The van der Waals surface area contributed by atoms with Crippen LogP contribution in [0, 0.1) is 0 Å². The fourth-order valence-electron chi connectivity index (χ4n) is 3.40. The number of hydrogen-bond acceptors (Lipinski definition) is 7. The number of sulfone groups is 1. The molecule has 0 spiro atoms. The summed E-state index contributed by atoms with van der Waals surface area (Å²) in [6, 6.07) is 9.50. The molecule has 0 atom stereocenters. The molecule has 32 heavy (non-hydrogen) atoms. The van der Waals surface area contributed by atoms with Crippen LogP contribution < -0.4 is 5.32 Å². The first-order valence-corrected chi connectivity index (χ1v) is 13.3. The lowest BCUT2D eigenvalue weighted by molar-refractivity contribution is -0.110. The number of anilines is 1. The first-order valence-electron chi connectivity index (χ1n) is 9.82. The normalized spacial score (nSPS) is 15.3. The van der Waals surface area contributed by atoms with Gasteiger partial charge in [-0.3, -0.25) is 10.1 Å². The molecule has 1 amide bonds. The number of nitrogens with one attached hydrogen (secondary N) is 1. The maximum atomic E-state index is 13.1. The van der Waals surface area contributed by atoms with Crippen molar-refractivity contribution in [1.29, 1.82) is 0 Å². The molecule has 4 rings (SSSR count). The van der Waals surface area contributed by atoms with Crippen molar-refractivity contribution in [3.63, 3.8) is 0 Å². The Bertz CT molecular complexity index is 1320. The first kappa shape index (κ1) is 23.0. The van der Waals surface area contributed by atoms with E-state index in [1.54, 1.807) is 18.2 Å². The third kappa shape index (κ3) is 5.23. The molecule has 0 unspecified atom stereocenters. The maximum absolute atomic E-state index is 13.1. The predicted octanol–water partition coefficient (Wildman–Crippen LogP) is 5.31. The number of oxime groups is 1. The van der Waals surface area contributed by atoms with Gasteiger partial charge in [-0.15, -0.1) is 0 Å². The quantitative estimate of drug-likeness (QED) is 0.357. The fourth-order valence-corrected chi connectivity index (χ4v) is 5.87. The molecule has 2 aromatic carbocycles. The highest BCUT2D eigenvalue weighted by atomic mass is 35.5. The average molecular weight is 512 g/mol. The van der Waals surface area contributed by atoms with Gasteiger partial charge in [0.25, 0.3) is 5.91 Å². The second kappa shape index (κ2) is 9.35. The van der Waals surface area contributed by atoms with Crippen molar-refractivity contribution in [3.8, 4) is 0 Å². The van der Waals surface area contributed by atoms with Crippen molar-refractivity contribution < 1.29 is 18.0 Å². The summed E-state index contributed by atoms with van der Waals surface area (Å²) in [6.45, 7) is 0. The van der Waals surface area contributed by atoms with E-state index in [1.807, 2.05) is 0 Å². The van der Waals surface area contributed by atoms with Crippen LogP contribution in [0.15, 0.2) is 46.4 Å². The van der Waals surface area contributed by atoms with Gasteiger partial charge in [0.2, 0.25) is 0 Å². The number of carbonyl (C=O) groups excluding carboxylic acids is 1. The van der Waals surface area contributed by atoms with Gasteiger partial charge in [0.1, 0.15) is 6.10 Å². The Morgan fingerprint density at radius 1 is 1.19 bits per heavy atom. The number of aromatic nitrogens is 1. The van der Waals surface area contributed by atoms with Crippen LogP contribution in [0.25, 0.3) is 10.2 Å². The summed E-state index contributed by atoms with van der Waals surface area (Å²) in [7, 11) is -3.51. The molecule has 0 bridgehead atoms. The average Bonchev–Trinajstić information content (AvgIpc) is 3.36. The highest BCUT2D eigenvalue weighted by Gasteiger charge is 2.22. The Morgan fingerprint density at radius 2 is 1.94 bits per heavy atom. The summed E-state index contributed by atoms with van der Waals surface area (Å²) in [6.07, 6.45) is 4.83. The second-order valence-electron chi connectivity index (χ2n) is 7.45. The zero-order chi connectivity index (χ0) is 22.9. The third-order valence-electron chi connectivity index (χ3n) is 4.99. The molecule has 1 N–H and O–H groups in total. The van der Waals surface area contributed by atoms with Gasteiger partial charge in [0.15, 0.2) is 20.7 Å². The molecular formula is C21H19Cl2N3O4S2. The van der Waals surface area contributed by atoms with E-state index in [-0.39, 0.29) is 21.7 Å². The van der Waals surface area contributed by atoms with Crippen molar-refractivity contribution in [2.45, 2.75) is 36.7 Å². The number of thiazole rings is 1. The zero-order valence-electron chi connectivity index (χ0n) is 17.0. The highest BCUT2D eigenvalue weighted by Crippen LogP contribution is 2.29. The van der Waals surface area contributed by atoms with E-state index >= 15 is 0 Å². The Morgan fingerprint density at radius 3 is 2.62 bits per heavy atom. The van der Waals surface area contributed by atoms with Gasteiger partial charge in [-0.25, -0.2) is 13.4 Å². The van der Waals surface area contributed by atoms with Crippen LogP contribution in [0.5, 0.6) is 0 Å². The Labute approximate surface area is 199 Å². The van der Waals surface area contributed by atoms with Crippen LogP contribution in [-0.2, 0) is 19.5 Å². The van der Waals surface area contributed by atoms with Crippen molar-refractivity contribution in [3.05, 3.63) is 52.0 Å². The number of rotatable bonds is 6. The molecule has 1 fully saturated rings. The largest absolute Gasteiger partial charge is 0.392 e. The number of benzene rings is 2. The molecule has 168 valence electrons. The van der Waals surface area contributed by atoms with E-state index in [0.717, 1.165) is 36.6 Å². The summed E-state index contributed by atoms with van der Waals surface area (Å²) < 4.78 is 24.6. The highest BCUT2D eigenvalue weighted by molar-refractivity contribution is 7.90. The topological polar surface area (TPSA) is 97.7 Å². The van der Waals surface area contributed by atoms with E-state index < -0.39 is 15.7 Å². The Kier molecular flexibility index (Phi) is 6.71. The minimum absolute atomic E-state index is 0.000922. The standard InChI is InChI=1S/C21H19Cl2N3O4S2/c1-32(28,29)18-9-6-12(10-15(18)23)19(26-30-14-4-2-3-5-14)20(27)25-21-24-16-8-7-13(22)11-17(16)31-21/h6-11,14H,2-5H2,1H3,(H,24,25,27)/b26-19-. The minimum Gasteiger partial charge on any atom is -0.392 e. The van der Waals surface area contributed by atoms with Crippen LogP contribution >= 0.6 is 34.5 Å². The summed E-state index contributed by atoms with van der Waals surface area (Å²) in [5, 5.41) is 7.82. The van der Waals surface area contributed by atoms with Gasteiger partial charge in [0, 0.05) is 16.8 Å². The molecule has 1 aliphatic carbocycles. The summed E-state index contributed by atoms with van der Waals surface area (Å²) in [4.78, 5) is 23.1. The molecule has 1 saturated carbocycles. The van der Waals surface area contributed by atoms with Gasteiger partial charge in [0.05, 0.1) is 20.1 Å². The summed E-state index contributed by atoms with van der Waals surface area (Å²) in [5.41, 5.74) is 1.02. The van der Waals surface area contributed by atoms with E-state index in [1.165, 1.54) is 29.5 Å². The summed E-state index contributed by atoms with van der Waals surface area (Å²) in [5.74, 6) is -0.545. The van der Waals surface area contributed by atoms with Gasteiger partial charge >= 0.3 is 0 Å². The van der Waals surface area contributed by atoms with Gasteiger partial charge in [-0.05, 0) is 56.0 Å². The smallest absolute Gasteiger partial charge is 0.280 e. The summed E-state index contributed by atoms with van der Waals surface area (Å²) >= 11 is 13.5. The van der Waals surface area contributed by atoms with Gasteiger partial charge < -0.3 is 4.84 Å². The van der Waals surface area contributed by atoms with Crippen molar-refractivity contribution >= 4 is 71.3 Å². The molecule has 1 heterocycles. The lowest BCUT2D eigenvalue weighted by Gasteiger charge is -2.11. The molecule has 0 radical (unpaired) electrons. The first-order chi connectivity index (χ1) is 15.2. The Hall–Kier alpha value is -2.20. The number of carbonyl (C=O) groups is 1. The van der Waals surface area contributed by atoms with E-state index in [9.17, 15) is 13.2 Å². The maximum Gasteiger partial charge on any atom is 0.280 e. The molecule has 1 aliphatic rings. The number of nitrogens with zero attached hydrogens (tertiary/aromatic N) is 2. The molecule has 7 nitrogen and oxygen atoms in total. The van der Waals surface area contributed by atoms with Crippen LogP contribution in [-0.4, -0.2) is 37.4 Å². The lowest BCUT2D eigenvalue weighted by Crippen LogP contribution is -2.25. The van der Waals surface area contributed by atoms with Gasteiger partial charge in [-0.2, -0.15) is 0 Å². The molecule has 1 aromatic heterocycles. The SMILES string of the molecule is CS(=O)(=O)c1ccc(/C(=N/OC2CCCC2)C(=O)Nc2nc3ccc(Cl)cc3s2)cc1Cl. The fraction of sp³-hybridized carbons (Fsp3) is 0.286. The van der Waals surface area contributed by atoms with E-state index in [4.69, 9.17) is 28.0 Å². The van der Waals surface area contributed by atoms with Crippen molar-refractivity contribution in [1.82, 2.24) is 4.98 Å². The molecule has 3 aromatic rings. The third-order valence-corrected chi connectivity index (χ3v) is 7.73. The van der Waals surface area contributed by atoms with Crippen LogP contribution in [0.3, 0.4) is 0 Å². The van der Waals surface area contributed by atoms with Crippen LogP contribution in [0.4, 0.5) is 5.13 Å². The monoisotopic (exact) mass is 511 g/mol. The lowest BCUT2D eigenvalue weighted by atomic mass is 10.1. The van der Waals surface area contributed by atoms with Crippen LogP contribution in [0.2, 0.25) is 10.0 Å².